The standard InChI is InChI=1S/C22H32N4O4S/c1-4-25(5-2)31(28,29)19-13-10-18(11-14-19)12-15-21(27)26-16-8-6-7-9-20(26)22-23-17(3)30-24-22/h10-11,13-14,20H,4-9,12,15-16H2,1-3H3/t20-/m1/s1. The summed E-state index contributed by atoms with van der Waals surface area (Å²) in [6, 6.07) is 6.71. The molecule has 1 fully saturated rings. The lowest BCUT2D eigenvalue weighted by molar-refractivity contribution is -0.133. The smallest absolute Gasteiger partial charge is 0.243 e. The highest BCUT2D eigenvalue weighted by Crippen LogP contribution is 2.29. The second kappa shape index (κ2) is 10.4. The van der Waals surface area contributed by atoms with E-state index in [9.17, 15) is 13.2 Å². The zero-order valence-corrected chi connectivity index (χ0v) is 19.4. The van der Waals surface area contributed by atoms with Crippen molar-refractivity contribution < 1.29 is 17.7 Å². The molecule has 170 valence electrons. The largest absolute Gasteiger partial charge is 0.340 e. The molecule has 31 heavy (non-hydrogen) atoms. The number of hydrogen-bond acceptors (Lipinski definition) is 6. The van der Waals surface area contributed by atoms with Crippen molar-refractivity contribution >= 4 is 15.9 Å². The number of aryl methyl sites for hydroxylation is 2. The molecule has 1 aliphatic heterocycles. The molecule has 0 spiro atoms. The van der Waals surface area contributed by atoms with E-state index in [2.05, 4.69) is 10.1 Å². The second-order valence-corrected chi connectivity index (χ2v) is 9.80. The number of amides is 1. The Morgan fingerprint density at radius 2 is 1.87 bits per heavy atom. The van der Waals surface area contributed by atoms with Crippen molar-refractivity contribution in [2.75, 3.05) is 19.6 Å². The van der Waals surface area contributed by atoms with Gasteiger partial charge in [-0.3, -0.25) is 4.79 Å². The first-order chi connectivity index (χ1) is 14.9. The lowest BCUT2D eigenvalue weighted by Crippen LogP contribution is -2.35. The van der Waals surface area contributed by atoms with Gasteiger partial charge < -0.3 is 9.42 Å². The molecule has 2 aromatic rings. The quantitative estimate of drug-likeness (QED) is 0.613. The number of sulfonamides is 1. The highest BCUT2D eigenvalue weighted by Gasteiger charge is 2.30. The molecule has 1 amide bonds. The molecule has 0 N–H and O–H groups in total. The van der Waals surface area contributed by atoms with Crippen LogP contribution in [0.1, 0.15) is 69.3 Å². The third-order valence-electron chi connectivity index (χ3n) is 5.81. The van der Waals surface area contributed by atoms with Crippen molar-refractivity contribution in [1.82, 2.24) is 19.3 Å². The van der Waals surface area contributed by atoms with Crippen LogP contribution in [-0.4, -0.2) is 53.3 Å². The van der Waals surface area contributed by atoms with Crippen LogP contribution in [0.15, 0.2) is 33.7 Å². The Morgan fingerprint density at radius 3 is 2.48 bits per heavy atom. The molecule has 9 heteroatoms. The summed E-state index contributed by atoms with van der Waals surface area (Å²) >= 11 is 0. The topological polar surface area (TPSA) is 96.6 Å². The Morgan fingerprint density at radius 1 is 1.16 bits per heavy atom. The van der Waals surface area contributed by atoms with Gasteiger partial charge >= 0.3 is 0 Å². The molecule has 1 atom stereocenters. The number of carbonyl (C=O) groups excluding carboxylic acids is 1. The molecule has 1 saturated heterocycles. The Kier molecular flexibility index (Phi) is 7.83. The highest BCUT2D eigenvalue weighted by atomic mass is 32.2. The highest BCUT2D eigenvalue weighted by molar-refractivity contribution is 7.89. The number of likely N-dealkylation sites (tertiary alicyclic amines) is 1. The van der Waals surface area contributed by atoms with Gasteiger partial charge in [-0.05, 0) is 37.0 Å². The molecule has 2 heterocycles. The molecule has 1 aromatic heterocycles. The van der Waals surface area contributed by atoms with Crippen molar-refractivity contribution in [3.8, 4) is 0 Å². The fraction of sp³-hybridized carbons (Fsp3) is 0.591. The summed E-state index contributed by atoms with van der Waals surface area (Å²) in [6.07, 6.45) is 4.83. The van der Waals surface area contributed by atoms with Gasteiger partial charge in [0, 0.05) is 33.0 Å². The van der Waals surface area contributed by atoms with Crippen LogP contribution in [0.3, 0.4) is 0 Å². The van der Waals surface area contributed by atoms with E-state index >= 15 is 0 Å². The van der Waals surface area contributed by atoms with Gasteiger partial charge in [-0.2, -0.15) is 9.29 Å². The van der Waals surface area contributed by atoms with E-state index in [1.807, 2.05) is 18.7 Å². The summed E-state index contributed by atoms with van der Waals surface area (Å²) in [5.41, 5.74) is 0.939. The molecule has 8 nitrogen and oxygen atoms in total. The van der Waals surface area contributed by atoms with Crippen molar-refractivity contribution in [2.45, 2.75) is 70.2 Å². The molecule has 0 bridgehead atoms. The Balaban J connectivity index is 1.66. The minimum atomic E-state index is -3.47. The number of rotatable bonds is 8. The van der Waals surface area contributed by atoms with Crippen molar-refractivity contribution in [1.29, 1.82) is 0 Å². The van der Waals surface area contributed by atoms with E-state index in [-0.39, 0.29) is 16.8 Å². The summed E-state index contributed by atoms with van der Waals surface area (Å²) in [4.78, 5) is 19.6. The van der Waals surface area contributed by atoms with Crippen molar-refractivity contribution in [3.63, 3.8) is 0 Å². The first-order valence-electron chi connectivity index (χ1n) is 11.1. The maximum absolute atomic E-state index is 13.0. The predicted molar refractivity (Wildman–Crippen MR) is 117 cm³/mol. The number of hydrogen-bond donors (Lipinski definition) is 0. The fourth-order valence-electron chi connectivity index (χ4n) is 4.06. The van der Waals surface area contributed by atoms with Crippen LogP contribution in [0.2, 0.25) is 0 Å². The Labute approximate surface area is 184 Å². The van der Waals surface area contributed by atoms with Crippen molar-refractivity contribution in [3.05, 3.63) is 41.5 Å². The van der Waals surface area contributed by atoms with Gasteiger partial charge in [-0.1, -0.05) is 44.0 Å². The second-order valence-electron chi connectivity index (χ2n) is 7.86. The van der Waals surface area contributed by atoms with Crippen LogP contribution < -0.4 is 0 Å². The summed E-state index contributed by atoms with van der Waals surface area (Å²) in [5, 5.41) is 4.05. The first-order valence-corrected chi connectivity index (χ1v) is 12.5. The predicted octanol–water partition coefficient (Wildman–Crippen LogP) is 3.49. The maximum atomic E-state index is 13.0. The lowest BCUT2D eigenvalue weighted by atomic mass is 10.1. The van der Waals surface area contributed by atoms with Crippen LogP contribution in [-0.2, 0) is 21.2 Å². The van der Waals surface area contributed by atoms with Gasteiger partial charge in [0.2, 0.25) is 21.8 Å². The summed E-state index contributed by atoms with van der Waals surface area (Å²) < 4.78 is 31.8. The average Bonchev–Trinajstić information content (AvgIpc) is 3.04. The van der Waals surface area contributed by atoms with Gasteiger partial charge in [0.1, 0.15) is 0 Å². The number of aromatic nitrogens is 2. The average molecular weight is 449 g/mol. The third kappa shape index (κ3) is 5.51. The van der Waals surface area contributed by atoms with Crippen LogP contribution in [0.4, 0.5) is 0 Å². The van der Waals surface area contributed by atoms with E-state index in [4.69, 9.17) is 4.52 Å². The van der Waals surface area contributed by atoms with Gasteiger partial charge in [0.15, 0.2) is 5.82 Å². The summed E-state index contributed by atoms with van der Waals surface area (Å²) in [6.45, 7) is 6.97. The fourth-order valence-corrected chi connectivity index (χ4v) is 5.52. The van der Waals surface area contributed by atoms with E-state index in [0.29, 0.717) is 44.2 Å². The molecular weight excluding hydrogens is 416 g/mol. The van der Waals surface area contributed by atoms with Gasteiger partial charge in [-0.25, -0.2) is 8.42 Å². The van der Waals surface area contributed by atoms with Crippen LogP contribution in [0.25, 0.3) is 0 Å². The van der Waals surface area contributed by atoms with Crippen molar-refractivity contribution in [2.24, 2.45) is 0 Å². The SMILES string of the molecule is CCN(CC)S(=O)(=O)c1ccc(CCC(=O)N2CCCCC[C@@H]2c2noc(C)n2)cc1. The number of nitrogens with zero attached hydrogens (tertiary/aromatic N) is 4. The summed E-state index contributed by atoms with van der Waals surface area (Å²) in [5.74, 6) is 1.15. The zero-order chi connectivity index (χ0) is 22.4. The third-order valence-corrected chi connectivity index (χ3v) is 7.87. The van der Waals surface area contributed by atoms with Gasteiger partial charge in [-0.15, -0.1) is 0 Å². The molecule has 1 aliphatic rings. The summed E-state index contributed by atoms with van der Waals surface area (Å²) in [7, 11) is -3.47. The van der Waals surface area contributed by atoms with E-state index in [1.165, 1.54) is 4.31 Å². The minimum absolute atomic E-state index is 0.0641. The Bertz CT molecular complexity index is 968. The minimum Gasteiger partial charge on any atom is -0.340 e. The molecule has 0 unspecified atom stereocenters. The number of benzene rings is 1. The van der Waals surface area contributed by atoms with Gasteiger partial charge in [0.25, 0.3) is 0 Å². The molecular formula is C22H32N4O4S. The van der Waals surface area contributed by atoms with Gasteiger partial charge in [0.05, 0.1) is 10.9 Å². The molecule has 1 aromatic carbocycles. The van der Waals surface area contributed by atoms with Crippen LogP contribution in [0.5, 0.6) is 0 Å². The van der Waals surface area contributed by atoms with E-state index in [1.54, 1.807) is 31.2 Å². The normalized spacial score (nSPS) is 17.7. The van der Waals surface area contributed by atoms with Crippen LogP contribution in [0, 0.1) is 6.92 Å². The maximum Gasteiger partial charge on any atom is 0.243 e. The molecule has 0 saturated carbocycles. The molecule has 3 rings (SSSR count). The van der Waals surface area contributed by atoms with Crippen LogP contribution >= 0.6 is 0 Å². The zero-order valence-electron chi connectivity index (χ0n) is 18.6. The lowest BCUT2D eigenvalue weighted by Gasteiger charge is -2.28. The monoisotopic (exact) mass is 448 g/mol. The van der Waals surface area contributed by atoms with E-state index in [0.717, 1.165) is 31.2 Å². The first kappa shape index (κ1) is 23.4. The molecule has 0 aliphatic carbocycles. The van der Waals surface area contributed by atoms with E-state index < -0.39 is 10.0 Å². The molecule has 0 radical (unpaired) electrons. The number of carbonyl (C=O) groups is 1. The Hall–Kier alpha value is -2.26.